The van der Waals surface area contributed by atoms with Crippen LogP contribution in [0.15, 0.2) is 24.3 Å². The lowest BCUT2D eigenvalue weighted by atomic mass is 10.1. The number of halogens is 1. The number of ether oxygens (including phenoxy) is 1. The van der Waals surface area contributed by atoms with E-state index < -0.39 is 51.6 Å². The zero-order valence-electron chi connectivity index (χ0n) is 15.2. The Hall–Kier alpha value is -3.08. The molecule has 0 aromatic heterocycles. The molecular formula is C17H18FN3O6S. The Morgan fingerprint density at radius 2 is 2.00 bits per heavy atom. The number of nitrogens with one attached hydrogen (secondary N) is 2. The number of benzene rings is 2. The molecule has 2 amide bonds. The number of carbonyl (C=O) groups excluding carboxylic acids is 2. The van der Waals surface area contributed by atoms with Crippen molar-refractivity contribution in [1.82, 2.24) is 4.72 Å². The topological polar surface area (TPSA) is 125 Å². The molecule has 2 aromatic rings. The SMILES string of the molecule is CC(C)(C)OC(=O)Nc1ccc2c(F)c(N3CC(=O)NS3(=O)=O)c(O)cc2c1. The minimum Gasteiger partial charge on any atom is -0.506 e. The third kappa shape index (κ3) is 3.79. The van der Waals surface area contributed by atoms with Crippen molar-refractivity contribution in [2.24, 2.45) is 0 Å². The van der Waals surface area contributed by atoms with Crippen molar-refractivity contribution in [2.75, 3.05) is 16.2 Å². The lowest BCUT2D eigenvalue weighted by Crippen LogP contribution is -2.30. The van der Waals surface area contributed by atoms with Gasteiger partial charge < -0.3 is 9.84 Å². The van der Waals surface area contributed by atoms with Crippen LogP contribution in [0.1, 0.15) is 20.8 Å². The number of nitrogens with zero attached hydrogens (tertiary/aromatic N) is 1. The second-order valence-corrected chi connectivity index (χ2v) is 8.75. The molecule has 0 spiro atoms. The number of fused-ring (bicyclic) bond motifs is 1. The van der Waals surface area contributed by atoms with Crippen LogP contribution in [0.5, 0.6) is 5.75 Å². The molecule has 0 atom stereocenters. The molecule has 28 heavy (non-hydrogen) atoms. The van der Waals surface area contributed by atoms with Crippen LogP contribution >= 0.6 is 0 Å². The Morgan fingerprint density at radius 3 is 2.57 bits per heavy atom. The molecule has 1 aliphatic rings. The van der Waals surface area contributed by atoms with Crippen molar-refractivity contribution < 1.29 is 32.2 Å². The third-order valence-corrected chi connectivity index (χ3v) is 5.12. The van der Waals surface area contributed by atoms with Crippen LogP contribution in [0.3, 0.4) is 0 Å². The maximum Gasteiger partial charge on any atom is 0.412 e. The summed E-state index contributed by atoms with van der Waals surface area (Å²) in [5.74, 6) is -2.52. The van der Waals surface area contributed by atoms with Gasteiger partial charge in [0.15, 0.2) is 5.82 Å². The van der Waals surface area contributed by atoms with E-state index in [2.05, 4.69) is 5.32 Å². The molecule has 1 fully saturated rings. The molecule has 1 saturated heterocycles. The van der Waals surface area contributed by atoms with E-state index in [0.29, 0.717) is 9.99 Å². The Morgan fingerprint density at radius 1 is 1.32 bits per heavy atom. The van der Waals surface area contributed by atoms with Crippen LogP contribution in [-0.4, -0.2) is 37.7 Å². The lowest BCUT2D eigenvalue weighted by molar-refractivity contribution is -0.117. The minimum absolute atomic E-state index is 0.00270. The third-order valence-electron chi connectivity index (χ3n) is 3.75. The van der Waals surface area contributed by atoms with Crippen molar-refractivity contribution in [3.8, 4) is 5.75 Å². The number of hydrogen-bond acceptors (Lipinski definition) is 6. The molecule has 1 aliphatic heterocycles. The van der Waals surface area contributed by atoms with Gasteiger partial charge in [-0.05, 0) is 50.4 Å². The molecule has 0 saturated carbocycles. The molecule has 0 aliphatic carbocycles. The van der Waals surface area contributed by atoms with E-state index in [9.17, 15) is 27.5 Å². The molecular weight excluding hydrogens is 393 g/mol. The van der Waals surface area contributed by atoms with Crippen molar-refractivity contribution in [2.45, 2.75) is 26.4 Å². The van der Waals surface area contributed by atoms with Crippen molar-refractivity contribution in [3.63, 3.8) is 0 Å². The predicted molar refractivity (Wildman–Crippen MR) is 99.8 cm³/mol. The second-order valence-electron chi connectivity index (χ2n) is 7.16. The molecule has 11 heteroatoms. The highest BCUT2D eigenvalue weighted by Gasteiger charge is 2.37. The quantitative estimate of drug-likeness (QED) is 0.696. The van der Waals surface area contributed by atoms with Crippen LogP contribution in [0.2, 0.25) is 0 Å². The minimum atomic E-state index is -4.28. The molecule has 0 radical (unpaired) electrons. The normalized spacial score (nSPS) is 16.1. The van der Waals surface area contributed by atoms with Crippen molar-refractivity contribution in [1.29, 1.82) is 0 Å². The first kappa shape index (κ1) is 19.7. The zero-order valence-corrected chi connectivity index (χ0v) is 16.1. The number of phenolic OH excluding ortho intramolecular Hbond substituents is 1. The Kier molecular flexibility index (Phi) is 4.58. The van der Waals surface area contributed by atoms with Crippen LogP contribution < -0.4 is 14.3 Å². The second kappa shape index (κ2) is 6.51. The molecule has 1 heterocycles. The predicted octanol–water partition coefficient (Wildman–Crippen LogP) is 2.21. The van der Waals surface area contributed by atoms with Crippen LogP contribution in [-0.2, 0) is 19.7 Å². The number of anilines is 2. The van der Waals surface area contributed by atoms with Gasteiger partial charge in [-0.25, -0.2) is 18.2 Å². The van der Waals surface area contributed by atoms with E-state index in [-0.39, 0.29) is 10.8 Å². The molecule has 150 valence electrons. The average Bonchev–Trinajstić information content (AvgIpc) is 2.77. The summed E-state index contributed by atoms with van der Waals surface area (Å²) in [7, 11) is -4.28. The first-order valence-corrected chi connectivity index (χ1v) is 9.60. The summed E-state index contributed by atoms with van der Waals surface area (Å²) >= 11 is 0. The molecule has 0 unspecified atom stereocenters. The van der Waals surface area contributed by atoms with E-state index in [1.165, 1.54) is 18.2 Å². The van der Waals surface area contributed by atoms with E-state index in [1.54, 1.807) is 25.5 Å². The van der Waals surface area contributed by atoms with Gasteiger partial charge in [-0.1, -0.05) is 0 Å². The summed E-state index contributed by atoms with van der Waals surface area (Å²) in [6.07, 6.45) is -0.707. The number of amides is 2. The smallest absolute Gasteiger partial charge is 0.412 e. The highest BCUT2D eigenvalue weighted by Crippen LogP contribution is 2.39. The number of rotatable bonds is 2. The van der Waals surface area contributed by atoms with Crippen LogP contribution in [0.4, 0.5) is 20.6 Å². The van der Waals surface area contributed by atoms with Gasteiger partial charge in [0.1, 0.15) is 23.6 Å². The Labute approximate surface area is 160 Å². The fraction of sp³-hybridized carbons (Fsp3) is 0.294. The van der Waals surface area contributed by atoms with E-state index in [0.717, 1.165) is 6.07 Å². The summed E-state index contributed by atoms with van der Waals surface area (Å²) in [5.41, 5.74) is -1.04. The molecule has 9 nitrogen and oxygen atoms in total. The fourth-order valence-corrected chi connectivity index (χ4v) is 3.88. The van der Waals surface area contributed by atoms with Gasteiger partial charge in [0.05, 0.1) is 0 Å². The number of aromatic hydroxyl groups is 1. The highest BCUT2D eigenvalue weighted by molar-refractivity contribution is 7.92. The molecule has 3 N–H and O–H groups in total. The first-order chi connectivity index (χ1) is 12.9. The van der Waals surface area contributed by atoms with Crippen molar-refractivity contribution in [3.05, 3.63) is 30.1 Å². The summed E-state index contributed by atoms with van der Waals surface area (Å²) in [5, 5.41) is 12.9. The molecule has 2 aromatic carbocycles. The highest BCUT2D eigenvalue weighted by atomic mass is 32.2. The van der Waals surface area contributed by atoms with Gasteiger partial charge in [0.25, 0.3) is 5.91 Å². The van der Waals surface area contributed by atoms with Crippen molar-refractivity contribution >= 4 is 44.4 Å². The van der Waals surface area contributed by atoms with Gasteiger partial charge in [0, 0.05) is 11.1 Å². The van der Waals surface area contributed by atoms with Gasteiger partial charge in [0.2, 0.25) is 0 Å². The van der Waals surface area contributed by atoms with Crippen LogP contribution in [0, 0.1) is 5.82 Å². The summed E-state index contributed by atoms with van der Waals surface area (Å²) < 4.78 is 46.2. The monoisotopic (exact) mass is 411 g/mol. The average molecular weight is 411 g/mol. The maximum absolute atomic E-state index is 15.0. The van der Waals surface area contributed by atoms with Crippen LogP contribution in [0.25, 0.3) is 10.8 Å². The summed E-state index contributed by atoms with van der Waals surface area (Å²) in [6, 6.07) is 5.26. The Balaban J connectivity index is 2.00. The number of hydrogen-bond donors (Lipinski definition) is 3. The van der Waals surface area contributed by atoms with Gasteiger partial charge >= 0.3 is 16.3 Å². The molecule has 3 rings (SSSR count). The lowest BCUT2D eigenvalue weighted by Gasteiger charge is -2.20. The van der Waals surface area contributed by atoms with E-state index >= 15 is 0 Å². The maximum atomic E-state index is 15.0. The number of phenols is 1. The zero-order chi connectivity index (χ0) is 20.9. The molecule has 0 bridgehead atoms. The van der Waals surface area contributed by atoms with Gasteiger partial charge in [-0.15, -0.1) is 0 Å². The summed E-state index contributed by atoms with van der Waals surface area (Å²) in [6.45, 7) is 4.46. The van der Waals surface area contributed by atoms with E-state index in [4.69, 9.17) is 4.74 Å². The first-order valence-electron chi connectivity index (χ1n) is 8.16. The van der Waals surface area contributed by atoms with Gasteiger partial charge in [-0.2, -0.15) is 8.42 Å². The largest absolute Gasteiger partial charge is 0.506 e. The fourth-order valence-electron chi connectivity index (χ4n) is 2.72. The van der Waals surface area contributed by atoms with Gasteiger partial charge in [-0.3, -0.25) is 10.1 Å². The standard InChI is InChI=1S/C17H18FN3O6S/c1-17(2,3)27-16(24)19-10-4-5-11-9(6-10)7-12(22)15(14(11)18)21-8-13(23)20-28(21,25)26/h4-7,22H,8H2,1-3H3,(H,19,24)(H,20,23). The summed E-state index contributed by atoms with van der Waals surface area (Å²) in [4.78, 5) is 23.2. The number of carbonyl (C=O) groups is 2. The van der Waals surface area contributed by atoms with E-state index in [1.807, 2.05) is 0 Å². The Bertz CT molecular complexity index is 1090.